The normalized spacial score (nSPS) is 13.6. The predicted molar refractivity (Wildman–Crippen MR) is 140 cm³/mol. The highest BCUT2D eigenvalue weighted by Gasteiger charge is 2.25. The number of nitrogens with zero attached hydrogens (tertiary/aromatic N) is 3. The Morgan fingerprint density at radius 1 is 1.09 bits per heavy atom. The van der Waals surface area contributed by atoms with Crippen molar-refractivity contribution in [2.45, 2.75) is 13.3 Å². The van der Waals surface area contributed by atoms with Gasteiger partial charge in [-0.15, -0.1) is 0 Å². The molecule has 3 aromatic carbocycles. The van der Waals surface area contributed by atoms with E-state index in [1.54, 1.807) is 18.2 Å². The van der Waals surface area contributed by atoms with Gasteiger partial charge in [-0.25, -0.2) is 14.4 Å². The molecule has 0 spiro atoms. The van der Waals surface area contributed by atoms with E-state index in [0.29, 0.717) is 11.4 Å². The fraction of sp³-hybridized carbons (Fsp3) is 0.103. The molecule has 5 rings (SSSR count). The van der Waals surface area contributed by atoms with Crippen molar-refractivity contribution in [1.82, 2.24) is 9.97 Å². The van der Waals surface area contributed by atoms with Crippen LogP contribution in [-0.2, 0) is 6.42 Å². The molecule has 0 saturated heterocycles. The van der Waals surface area contributed by atoms with Gasteiger partial charge in [0.15, 0.2) is 5.82 Å². The summed E-state index contributed by atoms with van der Waals surface area (Å²) >= 11 is 6.23. The summed E-state index contributed by atoms with van der Waals surface area (Å²) in [5.74, 6) is 1.12. The summed E-state index contributed by atoms with van der Waals surface area (Å²) in [5, 5.41) is 1.63. The fourth-order valence-corrected chi connectivity index (χ4v) is 4.53. The van der Waals surface area contributed by atoms with Crippen LogP contribution in [0.25, 0.3) is 27.6 Å². The number of fused-ring (bicyclic) bond motifs is 2. The van der Waals surface area contributed by atoms with E-state index in [0.717, 1.165) is 51.5 Å². The summed E-state index contributed by atoms with van der Waals surface area (Å²) in [6.07, 6.45) is 8.46. The molecule has 5 heteroatoms. The number of rotatable bonds is 5. The van der Waals surface area contributed by atoms with Gasteiger partial charge < -0.3 is 4.90 Å². The van der Waals surface area contributed by atoms with Crippen LogP contribution in [-0.4, -0.2) is 16.5 Å². The van der Waals surface area contributed by atoms with E-state index in [1.807, 2.05) is 67.6 Å². The Kier molecular flexibility index (Phi) is 5.99. The third kappa shape index (κ3) is 4.02. The number of hydrogen-bond acceptors (Lipinski definition) is 3. The number of aromatic nitrogens is 2. The molecular weight excluding hydrogens is 445 g/mol. The van der Waals surface area contributed by atoms with Gasteiger partial charge in [-0.3, -0.25) is 0 Å². The van der Waals surface area contributed by atoms with E-state index in [2.05, 4.69) is 11.5 Å². The first-order valence-electron chi connectivity index (χ1n) is 11.2. The van der Waals surface area contributed by atoms with Crippen molar-refractivity contribution in [3.8, 4) is 11.1 Å². The van der Waals surface area contributed by atoms with Gasteiger partial charge in [0.2, 0.25) is 0 Å². The van der Waals surface area contributed by atoms with Crippen molar-refractivity contribution in [3.05, 3.63) is 114 Å². The monoisotopic (exact) mass is 467 g/mol. The summed E-state index contributed by atoms with van der Waals surface area (Å²) in [7, 11) is 0. The molecule has 1 aliphatic rings. The first kappa shape index (κ1) is 22.1. The van der Waals surface area contributed by atoms with Gasteiger partial charge in [-0.1, -0.05) is 66.7 Å². The van der Waals surface area contributed by atoms with Crippen LogP contribution in [0, 0.1) is 5.82 Å². The third-order valence-corrected chi connectivity index (χ3v) is 6.24. The summed E-state index contributed by atoms with van der Waals surface area (Å²) < 4.78 is 14.5. The molecule has 0 bridgehead atoms. The Morgan fingerprint density at radius 3 is 2.74 bits per heavy atom. The first-order valence-corrected chi connectivity index (χ1v) is 11.6. The Bertz CT molecular complexity index is 1470. The highest BCUT2D eigenvalue weighted by molar-refractivity contribution is 6.30. The van der Waals surface area contributed by atoms with Gasteiger partial charge in [0.25, 0.3) is 0 Å². The van der Waals surface area contributed by atoms with Crippen molar-refractivity contribution in [2.24, 2.45) is 0 Å². The number of anilines is 2. The van der Waals surface area contributed by atoms with E-state index in [9.17, 15) is 4.39 Å². The number of hydrogen-bond donors (Lipinski definition) is 0. The van der Waals surface area contributed by atoms with E-state index in [4.69, 9.17) is 21.6 Å². The predicted octanol–water partition coefficient (Wildman–Crippen LogP) is 7.93. The molecule has 168 valence electrons. The zero-order valence-electron chi connectivity index (χ0n) is 18.8. The van der Waals surface area contributed by atoms with Gasteiger partial charge in [-0.2, -0.15) is 0 Å². The van der Waals surface area contributed by atoms with Gasteiger partial charge in [0, 0.05) is 33.8 Å². The molecule has 0 atom stereocenters. The average molecular weight is 468 g/mol. The van der Waals surface area contributed by atoms with Crippen molar-refractivity contribution in [3.63, 3.8) is 0 Å². The summed E-state index contributed by atoms with van der Waals surface area (Å²) in [6, 6.07) is 18.6. The smallest absolute Gasteiger partial charge is 0.162 e. The van der Waals surface area contributed by atoms with Crippen LogP contribution in [0.15, 0.2) is 91.5 Å². The molecule has 4 aromatic rings. The topological polar surface area (TPSA) is 29.0 Å². The van der Waals surface area contributed by atoms with E-state index in [1.165, 1.54) is 11.6 Å². The van der Waals surface area contributed by atoms with Gasteiger partial charge in [0.05, 0.1) is 5.52 Å². The lowest BCUT2D eigenvalue weighted by molar-refractivity contribution is 0.631. The standard InChI is InChI=1S/C29H23ClFN3/c1-3-5-8-19(4-2)28-32-26-18-20(23-9-6-7-10-25(23)31)11-13-24(26)29(33-28)34-16-15-21-17-22(30)12-14-27(21)34/h3-14,17-18H,2,15-16H2,1H3/b5-3-,19-8+. The first-order chi connectivity index (χ1) is 16.6. The van der Waals surface area contributed by atoms with E-state index in [-0.39, 0.29) is 5.82 Å². The number of benzene rings is 3. The van der Waals surface area contributed by atoms with Gasteiger partial charge >= 0.3 is 0 Å². The highest BCUT2D eigenvalue weighted by Crippen LogP contribution is 2.39. The second-order valence-corrected chi connectivity index (χ2v) is 8.55. The quantitative estimate of drug-likeness (QED) is 0.279. The molecule has 2 heterocycles. The number of allylic oxidation sites excluding steroid dienone is 5. The minimum absolute atomic E-state index is 0.263. The molecule has 34 heavy (non-hydrogen) atoms. The van der Waals surface area contributed by atoms with Crippen molar-refractivity contribution < 1.29 is 4.39 Å². The molecule has 1 aromatic heterocycles. The minimum atomic E-state index is -0.263. The van der Waals surface area contributed by atoms with Crippen molar-refractivity contribution >= 4 is 39.6 Å². The SMILES string of the molecule is C=C/C(=C\C=C/C)c1nc(N2CCc3cc(Cl)ccc32)c2ccc(-c3ccccc3F)cc2n1. The van der Waals surface area contributed by atoms with Crippen LogP contribution in [0.2, 0.25) is 5.02 Å². The fourth-order valence-electron chi connectivity index (χ4n) is 4.33. The van der Waals surface area contributed by atoms with Crippen LogP contribution >= 0.6 is 11.6 Å². The van der Waals surface area contributed by atoms with Crippen LogP contribution in [0.3, 0.4) is 0 Å². The average Bonchev–Trinajstić information content (AvgIpc) is 3.26. The van der Waals surface area contributed by atoms with Crippen molar-refractivity contribution in [2.75, 3.05) is 11.4 Å². The Balaban J connectivity index is 1.74. The molecule has 0 amide bonds. The lowest BCUT2D eigenvalue weighted by atomic mass is 10.0. The Hall–Kier alpha value is -3.76. The minimum Gasteiger partial charge on any atom is -0.325 e. The molecule has 3 nitrogen and oxygen atoms in total. The van der Waals surface area contributed by atoms with Crippen LogP contribution in [0.4, 0.5) is 15.9 Å². The third-order valence-electron chi connectivity index (χ3n) is 6.00. The van der Waals surface area contributed by atoms with Crippen LogP contribution in [0.5, 0.6) is 0 Å². The van der Waals surface area contributed by atoms with E-state index >= 15 is 0 Å². The Labute approximate surface area is 203 Å². The maximum atomic E-state index is 14.5. The highest BCUT2D eigenvalue weighted by atomic mass is 35.5. The molecule has 1 aliphatic heterocycles. The Morgan fingerprint density at radius 2 is 1.94 bits per heavy atom. The number of halogens is 2. The van der Waals surface area contributed by atoms with Crippen molar-refractivity contribution in [1.29, 1.82) is 0 Å². The maximum Gasteiger partial charge on any atom is 0.162 e. The molecular formula is C29H23ClFN3. The molecule has 0 unspecified atom stereocenters. The van der Waals surface area contributed by atoms with Crippen LogP contribution in [0.1, 0.15) is 18.3 Å². The molecule has 0 saturated carbocycles. The maximum absolute atomic E-state index is 14.5. The summed E-state index contributed by atoms with van der Waals surface area (Å²) in [4.78, 5) is 12.1. The second-order valence-electron chi connectivity index (χ2n) is 8.11. The zero-order valence-corrected chi connectivity index (χ0v) is 19.6. The summed E-state index contributed by atoms with van der Waals surface area (Å²) in [5.41, 5.74) is 5.15. The summed E-state index contributed by atoms with van der Waals surface area (Å²) in [6.45, 7) is 6.71. The van der Waals surface area contributed by atoms with E-state index < -0.39 is 0 Å². The molecule has 0 aliphatic carbocycles. The zero-order chi connectivity index (χ0) is 23.7. The second kappa shape index (κ2) is 9.24. The lowest BCUT2D eigenvalue weighted by Crippen LogP contribution is -2.16. The molecule has 0 radical (unpaired) electrons. The lowest BCUT2D eigenvalue weighted by Gasteiger charge is -2.21. The van der Waals surface area contributed by atoms with Crippen LogP contribution < -0.4 is 4.90 Å². The van der Waals surface area contributed by atoms with Gasteiger partial charge in [0.1, 0.15) is 11.6 Å². The molecule has 0 N–H and O–H groups in total. The largest absolute Gasteiger partial charge is 0.325 e. The molecule has 0 fully saturated rings. The van der Waals surface area contributed by atoms with Gasteiger partial charge in [-0.05, 0) is 60.9 Å².